The number of piperidine rings is 1. The van der Waals surface area contributed by atoms with Crippen molar-refractivity contribution >= 4 is 5.91 Å². The predicted molar refractivity (Wildman–Crippen MR) is 136 cm³/mol. The van der Waals surface area contributed by atoms with Crippen LogP contribution < -0.4 is 0 Å². The number of fused-ring (bicyclic) bond motifs is 5. The highest BCUT2D eigenvalue weighted by Crippen LogP contribution is 2.69. The SMILES string of the molecule is CCOC[C@@]1(O)CC[C@@]2(CC)[C@H](CC[C@H]3[C@@H]4CC[C@H](C(=O)N5CCCC[C@@H]5C)[C@@]4(C)CC[C@@H]32)C1. The Balaban J connectivity index is 1.34. The molecule has 1 aliphatic heterocycles. The van der Waals surface area contributed by atoms with Crippen LogP contribution in [0.15, 0.2) is 0 Å². The Bertz CT molecular complexity index is 755. The van der Waals surface area contributed by atoms with Gasteiger partial charge in [0.05, 0.1) is 12.2 Å². The molecule has 0 bridgehead atoms. The lowest BCUT2D eigenvalue weighted by Crippen LogP contribution is -2.58. The number of aliphatic hydroxyl groups is 1. The Hall–Kier alpha value is -0.610. The van der Waals surface area contributed by atoms with E-state index in [1.54, 1.807) is 0 Å². The Kier molecular flexibility index (Phi) is 6.90. The Morgan fingerprint density at radius 3 is 2.56 bits per heavy atom. The van der Waals surface area contributed by atoms with E-state index in [9.17, 15) is 9.90 Å². The van der Waals surface area contributed by atoms with Crippen LogP contribution in [0.1, 0.15) is 111 Å². The average Bonchev–Trinajstić information content (AvgIpc) is 3.19. The van der Waals surface area contributed by atoms with Gasteiger partial charge < -0.3 is 14.7 Å². The van der Waals surface area contributed by atoms with Crippen LogP contribution in [0.5, 0.6) is 0 Å². The van der Waals surface area contributed by atoms with Crippen molar-refractivity contribution in [1.82, 2.24) is 4.90 Å². The molecule has 1 N–H and O–H groups in total. The Labute approximate surface area is 208 Å². The van der Waals surface area contributed by atoms with E-state index in [0.717, 1.165) is 44.1 Å². The van der Waals surface area contributed by atoms with Gasteiger partial charge in [0.1, 0.15) is 0 Å². The fraction of sp³-hybridized carbons (Fsp3) is 0.967. The molecule has 0 aromatic carbocycles. The summed E-state index contributed by atoms with van der Waals surface area (Å²) in [6.07, 6.45) is 15.4. The van der Waals surface area contributed by atoms with Gasteiger partial charge in [-0.1, -0.05) is 13.8 Å². The number of ether oxygens (including phenoxy) is 1. The highest BCUT2D eigenvalue weighted by Gasteiger charge is 2.63. The normalized spacial score (nSPS) is 48.7. The third kappa shape index (κ3) is 3.88. The van der Waals surface area contributed by atoms with Crippen LogP contribution in [-0.2, 0) is 9.53 Å². The van der Waals surface area contributed by atoms with E-state index < -0.39 is 5.60 Å². The van der Waals surface area contributed by atoms with Gasteiger partial charge in [-0.15, -0.1) is 0 Å². The summed E-state index contributed by atoms with van der Waals surface area (Å²) in [5.74, 6) is 3.66. The summed E-state index contributed by atoms with van der Waals surface area (Å²) in [4.78, 5) is 16.1. The highest BCUT2D eigenvalue weighted by molar-refractivity contribution is 5.80. The van der Waals surface area contributed by atoms with Gasteiger partial charge in [0.15, 0.2) is 0 Å². The largest absolute Gasteiger partial charge is 0.387 e. The molecule has 194 valence electrons. The average molecular weight is 474 g/mol. The topological polar surface area (TPSA) is 49.8 Å². The third-order valence-electron chi connectivity index (χ3n) is 12.1. The Morgan fingerprint density at radius 1 is 1.00 bits per heavy atom. The van der Waals surface area contributed by atoms with Gasteiger partial charge in [0.25, 0.3) is 0 Å². The van der Waals surface area contributed by atoms with E-state index in [-0.39, 0.29) is 11.3 Å². The fourth-order valence-corrected chi connectivity index (χ4v) is 10.3. The lowest BCUT2D eigenvalue weighted by Gasteiger charge is -2.63. The number of hydrogen-bond acceptors (Lipinski definition) is 3. The van der Waals surface area contributed by atoms with Gasteiger partial charge in [-0.25, -0.2) is 0 Å². The summed E-state index contributed by atoms with van der Waals surface area (Å²) in [6, 6.07) is 0.428. The highest BCUT2D eigenvalue weighted by atomic mass is 16.5. The van der Waals surface area contributed by atoms with Crippen molar-refractivity contribution in [2.24, 2.45) is 40.4 Å². The predicted octanol–water partition coefficient (Wildman–Crippen LogP) is 6.20. The van der Waals surface area contributed by atoms with Gasteiger partial charge in [-0.2, -0.15) is 0 Å². The number of likely N-dealkylation sites (tertiary alicyclic amines) is 1. The molecule has 0 aromatic rings. The molecule has 4 heteroatoms. The summed E-state index contributed by atoms with van der Waals surface area (Å²) in [7, 11) is 0. The first kappa shape index (κ1) is 25.1. The molecule has 4 nitrogen and oxygen atoms in total. The minimum Gasteiger partial charge on any atom is -0.387 e. The molecule has 5 rings (SSSR count). The van der Waals surface area contributed by atoms with Crippen molar-refractivity contribution in [3.8, 4) is 0 Å². The Morgan fingerprint density at radius 2 is 1.82 bits per heavy atom. The standard InChI is InChI=1S/C30H51NO3/c1-5-30-17-16-29(33,20-34-6-2)19-22(30)10-11-23-24-12-13-26(28(24,4)15-14-25(23)30)27(32)31-18-8-7-9-21(31)3/h21-26,33H,5-20H2,1-4H3/t21-,22+,23-,24-,25-,26+,28-,29+,30-/m0/s1. The molecule has 5 aliphatic rings. The van der Waals surface area contributed by atoms with Crippen molar-refractivity contribution in [2.75, 3.05) is 19.8 Å². The van der Waals surface area contributed by atoms with E-state index in [4.69, 9.17) is 4.74 Å². The van der Waals surface area contributed by atoms with Crippen molar-refractivity contribution in [3.63, 3.8) is 0 Å². The monoisotopic (exact) mass is 473 g/mol. The molecule has 0 spiro atoms. The smallest absolute Gasteiger partial charge is 0.226 e. The molecule has 9 atom stereocenters. The molecule has 0 radical (unpaired) electrons. The minimum absolute atomic E-state index is 0.196. The fourth-order valence-electron chi connectivity index (χ4n) is 10.3. The molecule has 4 aliphatic carbocycles. The molecule has 4 saturated carbocycles. The molecule has 34 heavy (non-hydrogen) atoms. The van der Waals surface area contributed by atoms with Crippen LogP contribution in [0.2, 0.25) is 0 Å². The van der Waals surface area contributed by atoms with E-state index in [2.05, 4.69) is 25.7 Å². The van der Waals surface area contributed by atoms with Gasteiger partial charge in [-0.3, -0.25) is 4.79 Å². The number of nitrogens with zero attached hydrogens (tertiary/aromatic N) is 1. The lowest BCUT2D eigenvalue weighted by molar-refractivity contribution is -0.175. The molecule has 5 fully saturated rings. The number of hydrogen-bond donors (Lipinski definition) is 1. The lowest BCUT2D eigenvalue weighted by atomic mass is 9.42. The second kappa shape index (κ2) is 9.36. The van der Waals surface area contributed by atoms with Gasteiger partial charge in [0.2, 0.25) is 5.91 Å². The van der Waals surface area contributed by atoms with E-state index >= 15 is 0 Å². The van der Waals surface area contributed by atoms with Crippen LogP contribution in [0.3, 0.4) is 0 Å². The zero-order chi connectivity index (χ0) is 24.1. The zero-order valence-electron chi connectivity index (χ0n) is 22.5. The van der Waals surface area contributed by atoms with Crippen molar-refractivity contribution in [3.05, 3.63) is 0 Å². The van der Waals surface area contributed by atoms with Gasteiger partial charge in [0, 0.05) is 25.1 Å². The molecular weight excluding hydrogens is 422 g/mol. The van der Waals surface area contributed by atoms with Crippen molar-refractivity contribution in [2.45, 2.75) is 123 Å². The van der Waals surface area contributed by atoms with E-state index in [1.165, 1.54) is 57.8 Å². The zero-order valence-corrected chi connectivity index (χ0v) is 22.5. The number of rotatable bonds is 5. The quantitative estimate of drug-likeness (QED) is 0.517. The maximum absolute atomic E-state index is 13.8. The molecule has 1 saturated heterocycles. The van der Waals surface area contributed by atoms with E-state index in [1.807, 2.05) is 6.92 Å². The van der Waals surface area contributed by atoms with Crippen LogP contribution in [0, 0.1) is 40.4 Å². The van der Waals surface area contributed by atoms with Gasteiger partial charge >= 0.3 is 0 Å². The number of amides is 1. The van der Waals surface area contributed by atoms with Crippen molar-refractivity contribution < 1.29 is 14.6 Å². The summed E-state index contributed by atoms with van der Waals surface area (Å²) >= 11 is 0. The second-order valence-corrected chi connectivity index (χ2v) is 13.4. The maximum Gasteiger partial charge on any atom is 0.226 e. The van der Waals surface area contributed by atoms with Crippen LogP contribution >= 0.6 is 0 Å². The van der Waals surface area contributed by atoms with Crippen LogP contribution in [0.4, 0.5) is 0 Å². The van der Waals surface area contributed by atoms with Crippen molar-refractivity contribution in [1.29, 1.82) is 0 Å². The summed E-state index contributed by atoms with van der Waals surface area (Å²) in [5, 5.41) is 11.3. The third-order valence-corrected chi connectivity index (χ3v) is 12.1. The summed E-state index contributed by atoms with van der Waals surface area (Å²) in [6.45, 7) is 11.4. The summed E-state index contributed by atoms with van der Waals surface area (Å²) in [5.41, 5.74) is -0.0287. The van der Waals surface area contributed by atoms with Gasteiger partial charge in [-0.05, 0) is 132 Å². The number of carbonyl (C=O) groups is 1. The first-order valence-corrected chi connectivity index (χ1v) is 14.9. The second-order valence-electron chi connectivity index (χ2n) is 13.4. The number of carbonyl (C=O) groups excluding carboxylic acids is 1. The van der Waals surface area contributed by atoms with E-state index in [0.29, 0.717) is 42.4 Å². The maximum atomic E-state index is 13.8. The minimum atomic E-state index is -0.620. The van der Waals surface area contributed by atoms with Crippen LogP contribution in [0.25, 0.3) is 0 Å². The summed E-state index contributed by atoms with van der Waals surface area (Å²) < 4.78 is 5.70. The first-order valence-electron chi connectivity index (χ1n) is 14.9. The molecular formula is C30H51NO3. The molecule has 1 amide bonds. The molecule has 1 heterocycles. The molecule has 0 aromatic heterocycles. The van der Waals surface area contributed by atoms with Crippen LogP contribution in [-0.4, -0.2) is 47.3 Å². The molecule has 0 unspecified atom stereocenters. The first-order chi connectivity index (χ1) is 16.3.